The zero-order chi connectivity index (χ0) is 24.7. The van der Waals surface area contributed by atoms with E-state index in [-0.39, 0.29) is 40.7 Å². The molecule has 0 saturated carbocycles. The Bertz CT molecular complexity index is 1330. The van der Waals surface area contributed by atoms with Gasteiger partial charge in [-0.3, -0.25) is 14.6 Å². The fourth-order valence-electron chi connectivity index (χ4n) is 3.20. The van der Waals surface area contributed by atoms with E-state index < -0.39 is 28.0 Å². The molecule has 2 aromatic heterocycles. The minimum atomic E-state index is -3.84. The van der Waals surface area contributed by atoms with Crippen LogP contribution < -0.4 is 15.6 Å². The number of anilines is 1. The lowest BCUT2D eigenvalue weighted by Gasteiger charge is -2.12. The predicted molar refractivity (Wildman–Crippen MR) is 127 cm³/mol. The van der Waals surface area contributed by atoms with Crippen molar-refractivity contribution in [1.82, 2.24) is 19.5 Å². The Morgan fingerprint density at radius 2 is 2.00 bits per heavy atom. The highest BCUT2D eigenvalue weighted by atomic mass is 35.5. The van der Waals surface area contributed by atoms with Gasteiger partial charge >= 0.3 is 0 Å². The number of benzene rings is 1. The second kappa shape index (κ2) is 11.3. The molecule has 1 amide bonds. The van der Waals surface area contributed by atoms with Gasteiger partial charge in [-0.25, -0.2) is 17.8 Å². The Morgan fingerprint density at radius 3 is 2.71 bits per heavy atom. The van der Waals surface area contributed by atoms with Gasteiger partial charge in [-0.05, 0) is 36.8 Å². The summed E-state index contributed by atoms with van der Waals surface area (Å²) in [6.07, 6.45) is 3.33. The van der Waals surface area contributed by atoms with Gasteiger partial charge in [0.25, 0.3) is 5.56 Å². The van der Waals surface area contributed by atoms with Crippen LogP contribution in [0.1, 0.15) is 16.8 Å². The Kier molecular flexibility index (Phi) is 8.51. The number of nitrogens with one attached hydrogen (secondary N) is 2. The molecule has 12 heteroatoms. The van der Waals surface area contributed by atoms with E-state index in [4.69, 9.17) is 16.7 Å². The van der Waals surface area contributed by atoms with Crippen LogP contribution in [0.2, 0.25) is 5.02 Å². The number of aryl methyl sites for hydroxylation is 1. The molecule has 0 unspecified atom stereocenters. The first kappa shape index (κ1) is 25.5. The van der Waals surface area contributed by atoms with E-state index in [1.165, 1.54) is 12.3 Å². The number of amides is 1. The summed E-state index contributed by atoms with van der Waals surface area (Å²) in [5, 5.41) is 15.6. The third-order valence-electron chi connectivity index (χ3n) is 4.91. The SMILES string of the molecule is Cc1ccc(NC(=O)Cn2ncc(Cl)c(CCO)c2=O)cc1S(=O)(=O)NCCc1ccccn1. The second-order valence-electron chi connectivity index (χ2n) is 7.40. The summed E-state index contributed by atoms with van der Waals surface area (Å²) in [7, 11) is -3.84. The highest BCUT2D eigenvalue weighted by Gasteiger charge is 2.18. The number of hydrogen-bond donors (Lipinski definition) is 3. The predicted octanol–water partition coefficient (Wildman–Crippen LogP) is 1.29. The zero-order valence-corrected chi connectivity index (χ0v) is 19.9. The molecule has 0 atom stereocenters. The molecule has 1 aromatic carbocycles. The van der Waals surface area contributed by atoms with E-state index in [1.54, 1.807) is 31.3 Å². The monoisotopic (exact) mass is 505 g/mol. The molecule has 180 valence electrons. The van der Waals surface area contributed by atoms with Crippen molar-refractivity contribution in [3.05, 3.63) is 81.0 Å². The normalized spacial score (nSPS) is 11.4. The molecule has 3 rings (SSSR count). The average Bonchev–Trinajstić information content (AvgIpc) is 2.80. The Hall–Kier alpha value is -3.12. The highest BCUT2D eigenvalue weighted by molar-refractivity contribution is 7.89. The second-order valence-corrected chi connectivity index (χ2v) is 9.55. The van der Waals surface area contributed by atoms with Gasteiger partial charge in [0, 0.05) is 49.1 Å². The Balaban J connectivity index is 1.70. The number of pyridine rings is 1. The largest absolute Gasteiger partial charge is 0.396 e. The molecule has 3 aromatic rings. The summed E-state index contributed by atoms with van der Waals surface area (Å²) in [6, 6.07) is 9.91. The van der Waals surface area contributed by atoms with Crippen molar-refractivity contribution >= 4 is 33.2 Å². The zero-order valence-electron chi connectivity index (χ0n) is 18.4. The first-order chi connectivity index (χ1) is 16.2. The van der Waals surface area contributed by atoms with E-state index in [1.807, 2.05) is 12.1 Å². The Labute approximate surface area is 201 Å². The highest BCUT2D eigenvalue weighted by Crippen LogP contribution is 2.20. The Morgan fingerprint density at radius 1 is 1.21 bits per heavy atom. The number of hydrogen-bond acceptors (Lipinski definition) is 7. The third-order valence-corrected chi connectivity index (χ3v) is 6.84. The van der Waals surface area contributed by atoms with Crippen LogP contribution >= 0.6 is 11.6 Å². The summed E-state index contributed by atoms with van der Waals surface area (Å²) in [4.78, 5) is 29.1. The quantitative estimate of drug-likeness (QED) is 0.376. The van der Waals surface area contributed by atoms with Gasteiger partial charge in [0.1, 0.15) is 6.54 Å². The fraction of sp³-hybridized carbons (Fsp3) is 0.273. The van der Waals surface area contributed by atoms with Gasteiger partial charge in [-0.2, -0.15) is 5.10 Å². The van der Waals surface area contributed by atoms with Crippen LogP contribution in [0.3, 0.4) is 0 Å². The molecular formula is C22H24ClN5O5S. The van der Waals surface area contributed by atoms with E-state index in [0.717, 1.165) is 10.4 Å². The number of aromatic nitrogens is 3. The summed E-state index contributed by atoms with van der Waals surface area (Å²) in [6.45, 7) is 1.13. The standard InChI is InChI=1S/C22H24ClN5O5S/c1-15-5-6-17(12-20(15)34(32,33)26-10-7-16-4-2-3-9-24-16)27-21(30)14-28-22(31)18(8-11-29)19(23)13-25-28/h2-6,9,12-13,26,29H,7-8,10-11,14H2,1H3,(H,27,30). The molecule has 0 aliphatic heterocycles. The van der Waals surface area contributed by atoms with Crippen molar-refractivity contribution in [3.63, 3.8) is 0 Å². The number of halogens is 1. The van der Waals surface area contributed by atoms with Crippen LogP contribution in [0.15, 0.2) is 58.5 Å². The maximum atomic E-state index is 12.8. The molecule has 10 nitrogen and oxygen atoms in total. The van der Waals surface area contributed by atoms with Crippen molar-refractivity contribution in [3.8, 4) is 0 Å². The van der Waals surface area contributed by atoms with E-state index >= 15 is 0 Å². The number of aliphatic hydroxyl groups is 1. The number of carbonyl (C=O) groups excluding carboxylic acids is 1. The summed E-state index contributed by atoms with van der Waals surface area (Å²) in [5.41, 5.74) is 1.09. The molecule has 0 aliphatic carbocycles. The lowest BCUT2D eigenvalue weighted by Crippen LogP contribution is -2.32. The topological polar surface area (TPSA) is 143 Å². The van der Waals surface area contributed by atoms with Crippen LogP contribution in [-0.4, -0.2) is 47.3 Å². The van der Waals surface area contributed by atoms with Gasteiger partial charge in [-0.15, -0.1) is 0 Å². The molecule has 0 radical (unpaired) electrons. The van der Waals surface area contributed by atoms with Gasteiger partial charge in [0.05, 0.1) is 16.1 Å². The first-order valence-corrected chi connectivity index (χ1v) is 12.2. The number of nitrogens with zero attached hydrogens (tertiary/aromatic N) is 3. The number of sulfonamides is 1. The molecular weight excluding hydrogens is 482 g/mol. The lowest BCUT2D eigenvalue weighted by molar-refractivity contribution is -0.117. The minimum Gasteiger partial charge on any atom is -0.396 e. The number of rotatable bonds is 10. The first-order valence-electron chi connectivity index (χ1n) is 10.4. The van der Waals surface area contributed by atoms with Gasteiger partial charge in [0.2, 0.25) is 15.9 Å². The van der Waals surface area contributed by atoms with Gasteiger partial charge in [0.15, 0.2) is 0 Å². The van der Waals surface area contributed by atoms with Crippen LogP contribution in [0.5, 0.6) is 0 Å². The van der Waals surface area contributed by atoms with E-state index in [0.29, 0.717) is 12.0 Å². The van der Waals surface area contributed by atoms with Crippen molar-refractivity contribution in [2.24, 2.45) is 0 Å². The maximum absolute atomic E-state index is 12.8. The smallest absolute Gasteiger partial charge is 0.272 e. The molecule has 0 spiro atoms. The average molecular weight is 506 g/mol. The minimum absolute atomic E-state index is 0.0262. The van der Waals surface area contributed by atoms with Crippen molar-refractivity contribution in [2.45, 2.75) is 31.2 Å². The summed E-state index contributed by atoms with van der Waals surface area (Å²) in [5.74, 6) is -0.581. The van der Waals surface area contributed by atoms with Crippen molar-refractivity contribution in [2.75, 3.05) is 18.5 Å². The van der Waals surface area contributed by atoms with Crippen molar-refractivity contribution < 1.29 is 18.3 Å². The van der Waals surface area contributed by atoms with Crippen LogP contribution in [0.4, 0.5) is 5.69 Å². The molecule has 2 heterocycles. The third kappa shape index (κ3) is 6.48. The molecule has 0 aliphatic rings. The summed E-state index contributed by atoms with van der Waals surface area (Å²) >= 11 is 5.94. The van der Waals surface area contributed by atoms with Crippen LogP contribution in [0.25, 0.3) is 0 Å². The molecule has 0 fully saturated rings. The van der Waals surface area contributed by atoms with E-state index in [9.17, 15) is 18.0 Å². The van der Waals surface area contributed by atoms with Crippen LogP contribution in [0, 0.1) is 6.92 Å². The lowest BCUT2D eigenvalue weighted by atomic mass is 10.2. The summed E-state index contributed by atoms with van der Waals surface area (Å²) < 4.78 is 29.1. The molecule has 0 bridgehead atoms. The van der Waals surface area contributed by atoms with Gasteiger partial charge < -0.3 is 10.4 Å². The van der Waals surface area contributed by atoms with Gasteiger partial charge in [-0.1, -0.05) is 23.7 Å². The fourth-order valence-corrected chi connectivity index (χ4v) is 4.72. The van der Waals surface area contributed by atoms with E-state index in [2.05, 4.69) is 20.1 Å². The molecule has 0 saturated heterocycles. The molecule has 3 N–H and O–H groups in total. The van der Waals surface area contributed by atoms with Crippen LogP contribution in [-0.2, 0) is 34.2 Å². The number of aliphatic hydroxyl groups excluding tert-OH is 1. The maximum Gasteiger partial charge on any atom is 0.272 e. The number of carbonyl (C=O) groups is 1. The van der Waals surface area contributed by atoms with Crippen molar-refractivity contribution in [1.29, 1.82) is 0 Å². The molecule has 34 heavy (non-hydrogen) atoms.